The number of esters is 1. The molecule has 51 heavy (non-hydrogen) atoms. The minimum absolute atomic E-state index is 0.0563. The lowest BCUT2D eigenvalue weighted by Crippen LogP contribution is -2.78. The number of nitrogens with one attached hydrogen (secondary N) is 1. The second kappa shape index (κ2) is 11.5. The van der Waals surface area contributed by atoms with Crippen LogP contribution >= 0.6 is 0 Å². The van der Waals surface area contributed by atoms with E-state index in [2.05, 4.69) is 17.2 Å². The molecule has 9 heteroatoms. The van der Waals surface area contributed by atoms with E-state index in [0.29, 0.717) is 51.4 Å². The van der Waals surface area contributed by atoms with E-state index >= 15 is 0 Å². The Morgan fingerprint density at radius 1 is 1.06 bits per heavy atom. The van der Waals surface area contributed by atoms with E-state index in [1.807, 2.05) is 25.2 Å². The molecule has 0 radical (unpaired) electrons. The molecule has 10 rings (SSSR count). The van der Waals surface area contributed by atoms with Gasteiger partial charge in [-0.15, -0.1) is 0 Å². The molecule has 12 atom stereocenters. The monoisotopic (exact) mass is 699 g/mol. The number of fused-ring (bicyclic) bond motifs is 7. The average molecular weight is 700 g/mol. The maximum Gasteiger partial charge on any atom is 0.331 e. The molecule has 0 amide bonds. The van der Waals surface area contributed by atoms with E-state index in [0.717, 1.165) is 54.2 Å². The van der Waals surface area contributed by atoms with Crippen LogP contribution in [0.15, 0.2) is 29.8 Å². The Labute approximate surface area is 300 Å². The molecule has 0 aromatic heterocycles. The summed E-state index contributed by atoms with van der Waals surface area (Å²) in [7, 11) is 1.92. The predicted octanol–water partition coefficient (Wildman–Crippen LogP) is 3.25. The highest BCUT2D eigenvalue weighted by Gasteiger charge is 2.81. The summed E-state index contributed by atoms with van der Waals surface area (Å²) in [5.74, 6) is 5.40. The molecular weight excluding hydrogens is 646 g/mol. The molecular formula is C42H53NO8. The van der Waals surface area contributed by atoms with Crippen LogP contribution in [0, 0.1) is 51.8 Å². The van der Waals surface area contributed by atoms with Crippen LogP contribution < -0.4 is 5.32 Å². The minimum atomic E-state index is -1.66. The minimum Gasteiger partial charge on any atom is -0.454 e. The molecule has 0 saturated heterocycles. The van der Waals surface area contributed by atoms with Crippen LogP contribution in [-0.2, 0) is 27.4 Å². The van der Waals surface area contributed by atoms with E-state index in [-0.39, 0.29) is 55.6 Å². The molecule has 12 unspecified atom stereocenters. The van der Waals surface area contributed by atoms with Gasteiger partial charge in [0, 0.05) is 47.8 Å². The fourth-order valence-electron chi connectivity index (χ4n) is 14.4. The second-order valence-corrected chi connectivity index (χ2v) is 18.0. The number of aliphatic hydroxyl groups is 5. The summed E-state index contributed by atoms with van der Waals surface area (Å²) in [4.78, 5) is 26.9. The Balaban J connectivity index is 1.20. The summed E-state index contributed by atoms with van der Waals surface area (Å²) in [6.07, 6.45) is 9.10. The van der Waals surface area contributed by atoms with Crippen molar-refractivity contribution in [2.45, 2.75) is 138 Å². The smallest absolute Gasteiger partial charge is 0.331 e. The van der Waals surface area contributed by atoms with Crippen LogP contribution in [-0.4, -0.2) is 79.9 Å². The zero-order valence-corrected chi connectivity index (χ0v) is 29.7. The summed E-state index contributed by atoms with van der Waals surface area (Å²) < 4.78 is 6.16. The van der Waals surface area contributed by atoms with Crippen molar-refractivity contribution in [2.24, 2.45) is 39.9 Å². The van der Waals surface area contributed by atoms with Crippen molar-refractivity contribution in [3.63, 3.8) is 0 Å². The predicted molar refractivity (Wildman–Crippen MR) is 187 cm³/mol. The van der Waals surface area contributed by atoms with Crippen LogP contribution in [0.4, 0.5) is 0 Å². The first kappa shape index (κ1) is 34.2. The van der Waals surface area contributed by atoms with Gasteiger partial charge in [0.05, 0.1) is 29.3 Å². The van der Waals surface area contributed by atoms with Gasteiger partial charge in [0.1, 0.15) is 18.0 Å². The Kier molecular flexibility index (Phi) is 7.69. The van der Waals surface area contributed by atoms with Crippen LogP contribution in [0.2, 0.25) is 0 Å². The van der Waals surface area contributed by atoms with Crippen LogP contribution in [0.1, 0.15) is 107 Å². The number of ether oxygens (including phenoxy) is 1. The van der Waals surface area contributed by atoms with Crippen LogP contribution in [0.3, 0.4) is 0 Å². The van der Waals surface area contributed by atoms with Gasteiger partial charge < -0.3 is 40.4 Å². The molecule has 1 heterocycles. The number of carbonyl (C=O) groups is 2. The van der Waals surface area contributed by atoms with Crippen molar-refractivity contribution in [3.8, 4) is 11.8 Å². The molecule has 6 saturated carbocycles. The Hall–Kier alpha value is -2.58. The number of aldehydes is 1. The molecule has 9 aliphatic rings. The molecule has 6 fully saturated rings. The lowest BCUT2D eigenvalue weighted by molar-refractivity contribution is -0.327. The molecule has 274 valence electrons. The van der Waals surface area contributed by atoms with Gasteiger partial charge in [-0.25, -0.2) is 4.79 Å². The normalized spacial score (nSPS) is 47.5. The first-order chi connectivity index (χ1) is 24.4. The van der Waals surface area contributed by atoms with Crippen molar-refractivity contribution in [3.05, 3.63) is 46.5 Å². The lowest BCUT2D eigenvalue weighted by atomic mass is 9.37. The number of aliphatic hydroxyl groups excluding tert-OH is 2. The number of hydrogen-bond donors (Lipinski definition) is 6. The Morgan fingerprint density at radius 2 is 1.86 bits per heavy atom. The molecule has 9 nitrogen and oxygen atoms in total. The van der Waals surface area contributed by atoms with Gasteiger partial charge in [-0.05, 0) is 118 Å². The fraction of sp³-hybridized carbons (Fsp3) is 0.714. The zero-order chi connectivity index (χ0) is 35.6. The van der Waals surface area contributed by atoms with Gasteiger partial charge in [-0.3, -0.25) is 0 Å². The van der Waals surface area contributed by atoms with E-state index < -0.39 is 51.2 Å². The van der Waals surface area contributed by atoms with Crippen LogP contribution in [0.25, 0.3) is 0 Å². The average Bonchev–Trinajstić information content (AvgIpc) is 3.81. The van der Waals surface area contributed by atoms with Crippen molar-refractivity contribution >= 4 is 12.3 Å². The maximum atomic E-state index is 13.7. The molecule has 1 aromatic carbocycles. The Bertz CT molecular complexity index is 1740. The highest BCUT2D eigenvalue weighted by Crippen LogP contribution is 2.77. The summed E-state index contributed by atoms with van der Waals surface area (Å²) >= 11 is 0. The highest BCUT2D eigenvalue weighted by atomic mass is 16.5. The quantitative estimate of drug-likeness (QED) is 0.159. The third-order valence-electron chi connectivity index (χ3n) is 16.6. The van der Waals surface area contributed by atoms with Crippen LogP contribution in [0.5, 0.6) is 0 Å². The topological polar surface area (TPSA) is 157 Å². The number of hydrogen-bond acceptors (Lipinski definition) is 9. The summed E-state index contributed by atoms with van der Waals surface area (Å²) in [5.41, 5.74) is -3.75. The van der Waals surface area contributed by atoms with E-state index in [9.17, 15) is 35.1 Å². The van der Waals surface area contributed by atoms with Gasteiger partial charge in [-0.2, -0.15) is 0 Å². The standard InChI is InChI=1S/C42H53NO8/c1-43-31-18-28-25(8-6-9-26(28)22-44)7-2-3-13-38-14-10-32-39(24-45)23-37(11-4-5-12-37)33(46)21-40(39,48)15-16-41(32,49)42(38,50)20-27-17-29(31)36-30(35(27)38)19-34(47)51-36/h6,8-9,19,24,27,29,31-33,35-36,43-44,46,48-50H,3-5,10-18,20-23H2,1H3. The molecule has 4 bridgehead atoms. The molecule has 1 aliphatic heterocycles. The van der Waals surface area contributed by atoms with Gasteiger partial charge in [0.25, 0.3) is 0 Å². The molecule has 8 aliphatic carbocycles. The first-order valence-corrected chi connectivity index (χ1v) is 19.6. The van der Waals surface area contributed by atoms with Crippen molar-refractivity contribution < 1.29 is 39.9 Å². The highest BCUT2D eigenvalue weighted by molar-refractivity contribution is 5.86. The molecule has 1 aromatic rings. The third-order valence-corrected chi connectivity index (χ3v) is 16.6. The van der Waals surface area contributed by atoms with E-state index in [1.165, 1.54) is 0 Å². The summed E-state index contributed by atoms with van der Waals surface area (Å²) in [5, 5.41) is 64.8. The number of benzene rings is 1. The van der Waals surface area contributed by atoms with Gasteiger partial charge >= 0.3 is 5.97 Å². The summed E-state index contributed by atoms with van der Waals surface area (Å²) in [6.45, 7) is -0.104. The summed E-state index contributed by atoms with van der Waals surface area (Å²) in [6, 6.07) is 5.71. The van der Waals surface area contributed by atoms with Crippen molar-refractivity contribution in [2.75, 3.05) is 7.05 Å². The lowest BCUT2D eigenvalue weighted by Gasteiger charge is -2.70. The van der Waals surface area contributed by atoms with E-state index in [1.54, 1.807) is 6.08 Å². The third kappa shape index (κ3) is 4.27. The fourth-order valence-corrected chi connectivity index (χ4v) is 14.4. The number of carbonyl (C=O) groups excluding carboxylic acids is 2. The first-order valence-electron chi connectivity index (χ1n) is 19.6. The Morgan fingerprint density at radius 3 is 2.61 bits per heavy atom. The van der Waals surface area contributed by atoms with Crippen molar-refractivity contribution in [1.82, 2.24) is 5.32 Å². The van der Waals surface area contributed by atoms with Gasteiger partial charge in [0.2, 0.25) is 0 Å². The maximum absolute atomic E-state index is 13.7. The van der Waals surface area contributed by atoms with Gasteiger partial charge in [0.15, 0.2) is 0 Å². The van der Waals surface area contributed by atoms with E-state index in [4.69, 9.17) is 4.74 Å². The number of likely N-dealkylation sites (N-methyl/N-ethyl adjacent to an activating group) is 1. The zero-order valence-electron chi connectivity index (χ0n) is 29.7. The SMILES string of the molecule is CNC1Cc2c(cccc2CO)C#CCCC23CCC4C(O)(CCC5(O)CC(O)C6(CCCC6)CC45C=O)C2(O)CC2CC1C1OC(=O)C=C1C23. The largest absolute Gasteiger partial charge is 0.454 e. The number of rotatable bonds is 3. The van der Waals surface area contributed by atoms with Gasteiger partial charge in [-0.1, -0.05) is 36.8 Å². The second-order valence-electron chi connectivity index (χ2n) is 18.0. The van der Waals surface area contributed by atoms with Crippen molar-refractivity contribution in [1.29, 1.82) is 0 Å². The molecule has 2 spiro atoms. The molecule has 6 N–H and O–H groups in total.